The summed E-state index contributed by atoms with van der Waals surface area (Å²) in [5, 5.41) is 0. The number of hydrogen-bond acceptors (Lipinski definition) is 1. The van der Waals surface area contributed by atoms with Crippen molar-refractivity contribution in [3.8, 4) is 0 Å². The molecule has 0 fully saturated rings. The largest absolute Gasteiger partial charge is 0.286 e. The lowest BCUT2D eigenvalue weighted by molar-refractivity contribution is 0.0127. The lowest BCUT2D eigenvalue weighted by Crippen LogP contribution is -2.14. The van der Waals surface area contributed by atoms with Crippen LogP contribution in [0.4, 0.5) is 8.78 Å². The van der Waals surface area contributed by atoms with E-state index in [2.05, 4.69) is 4.98 Å². The number of alkyl halides is 2. The Morgan fingerprint density at radius 1 is 1.07 bits per heavy atom. The van der Waals surface area contributed by atoms with Crippen LogP contribution in [0.2, 0.25) is 0 Å². The molecule has 1 nitrogen and oxygen atoms in total. The number of aromatic nitrogens is 1. The van der Waals surface area contributed by atoms with Crippen LogP contribution in [0.1, 0.15) is 39.0 Å². The molecule has 1 aromatic heterocycles. The Morgan fingerprint density at radius 2 is 1.64 bits per heavy atom. The van der Waals surface area contributed by atoms with Gasteiger partial charge in [0.1, 0.15) is 5.69 Å². The summed E-state index contributed by atoms with van der Waals surface area (Å²) in [4.78, 5) is 3.77. The van der Waals surface area contributed by atoms with Gasteiger partial charge in [-0.3, -0.25) is 4.98 Å². The van der Waals surface area contributed by atoms with Gasteiger partial charge in [-0.25, -0.2) is 0 Å². The predicted molar refractivity (Wildman–Crippen MR) is 52.5 cm³/mol. The zero-order valence-corrected chi connectivity index (χ0v) is 8.94. The molecule has 0 atom stereocenters. The van der Waals surface area contributed by atoms with Crippen LogP contribution in [0.3, 0.4) is 0 Å². The van der Waals surface area contributed by atoms with E-state index in [4.69, 9.17) is 0 Å². The van der Waals surface area contributed by atoms with Gasteiger partial charge >= 0.3 is 0 Å². The summed E-state index contributed by atoms with van der Waals surface area (Å²) in [6, 6.07) is 3.10. The third-order valence-electron chi connectivity index (χ3n) is 2.08. The molecule has 0 radical (unpaired) electrons. The van der Waals surface area contributed by atoms with E-state index in [1.165, 1.54) is 12.3 Å². The zero-order valence-electron chi connectivity index (χ0n) is 8.94. The SMILES string of the molecule is CC(C)(C)c1ccc(C(C)(F)F)nc1. The fraction of sp³-hybridized carbons (Fsp3) is 0.545. The third kappa shape index (κ3) is 2.50. The molecule has 3 heteroatoms. The van der Waals surface area contributed by atoms with Crippen molar-refractivity contribution >= 4 is 0 Å². The Morgan fingerprint density at radius 3 is 1.93 bits per heavy atom. The van der Waals surface area contributed by atoms with Crippen LogP contribution in [0, 0.1) is 0 Å². The van der Waals surface area contributed by atoms with Gasteiger partial charge in [-0.2, -0.15) is 8.78 Å². The highest BCUT2D eigenvalue weighted by Gasteiger charge is 2.26. The molecule has 0 amide bonds. The van der Waals surface area contributed by atoms with Crippen LogP contribution in [0.25, 0.3) is 0 Å². The number of nitrogens with zero attached hydrogens (tertiary/aromatic N) is 1. The Kier molecular flexibility index (Phi) is 2.61. The first kappa shape index (κ1) is 11.1. The molecule has 78 valence electrons. The molecule has 1 heterocycles. The summed E-state index contributed by atoms with van der Waals surface area (Å²) in [6.45, 7) is 6.92. The number of hydrogen-bond donors (Lipinski definition) is 0. The van der Waals surface area contributed by atoms with Crippen LogP contribution in [0.15, 0.2) is 18.3 Å². The smallest absolute Gasteiger partial charge is 0.255 e. The van der Waals surface area contributed by atoms with Gasteiger partial charge in [0.05, 0.1) is 0 Å². The summed E-state index contributed by atoms with van der Waals surface area (Å²) in [6.07, 6.45) is 1.52. The first-order valence-corrected chi connectivity index (χ1v) is 4.56. The molecule has 1 aromatic rings. The van der Waals surface area contributed by atoms with Crippen molar-refractivity contribution in [3.63, 3.8) is 0 Å². The van der Waals surface area contributed by atoms with Crippen LogP contribution < -0.4 is 0 Å². The highest BCUT2D eigenvalue weighted by atomic mass is 19.3. The molecule has 0 aliphatic carbocycles. The average molecular weight is 199 g/mol. The van der Waals surface area contributed by atoms with Crippen molar-refractivity contribution in [2.45, 2.75) is 39.0 Å². The minimum absolute atomic E-state index is 0.0471. The number of halogens is 2. The molecule has 0 saturated carbocycles. The second kappa shape index (κ2) is 3.30. The minimum Gasteiger partial charge on any atom is -0.255 e. The van der Waals surface area contributed by atoms with Crippen LogP contribution >= 0.6 is 0 Å². The topological polar surface area (TPSA) is 12.9 Å². The monoisotopic (exact) mass is 199 g/mol. The fourth-order valence-electron chi connectivity index (χ4n) is 1.10. The molecule has 0 aliphatic rings. The van der Waals surface area contributed by atoms with Crippen molar-refractivity contribution in [3.05, 3.63) is 29.6 Å². The lowest BCUT2D eigenvalue weighted by Gasteiger charge is -2.19. The van der Waals surface area contributed by atoms with Gasteiger partial charge in [0.25, 0.3) is 5.92 Å². The van der Waals surface area contributed by atoms with Crippen molar-refractivity contribution in [2.24, 2.45) is 0 Å². The van der Waals surface area contributed by atoms with Gasteiger partial charge in [0.15, 0.2) is 0 Å². The van der Waals surface area contributed by atoms with Gasteiger partial charge in [0, 0.05) is 13.1 Å². The predicted octanol–water partition coefficient (Wildman–Crippen LogP) is 3.49. The maximum Gasteiger partial charge on any atom is 0.286 e. The zero-order chi connectivity index (χ0) is 11.0. The molecule has 0 spiro atoms. The highest BCUT2D eigenvalue weighted by Crippen LogP contribution is 2.27. The first-order valence-electron chi connectivity index (χ1n) is 4.56. The van der Waals surface area contributed by atoms with Crippen molar-refractivity contribution in [1.29, 1.82) is 0 Å². The Labute approximate surface area is 83.2 Å². The normalized spacial score (nSPS) is 13.0. The summed E-state index contributed by atoms with van der Waals surface area (Å²) in [7, 11) is 0. The molecule has 0 aliphatic heterocycles. The van der Waals surface area contributed by atoms with Crippen LogP contribution in [0.5, 0.6) is 0 Å². The van der Waals surface area contributed by atoms with E-state index in [1.54, 1.807) is 6.07 Å². The fourth-order valence-corrected chi connectivity index (χ4v) is 1.10. The minimum atomic E-state index is -2.85. The Balaban J connectivity index is 3.02. The van der Waals surface area contributed by atoms with Gasteiger partial charge in [-0.05, 0) is 17.0 Å². The standard InChI is InChI=1S/C11H15F2N/c1-10(2,3)8-5-6-9(14-7-8)11(4,12)13/h5-7H,1-4H3. The van der Waals surface area contributed by atoms with Gasteiger partial charge in [-0.1, -0.05) is 26.8 Å². The molecule has 0 aromatic carbocycles. The second-order valence-corrected chi connectivity index (χ2v) is 4.57. The number of pyridine rings is 1. The highest BCUT2D eigenvalue weighted by molar-refractivity contribution is 5.22. The van der Waals surface area contributed by atoms with E-state index in [0.29, 0.717) is 0 Å². The van der Waals surface area contributed by atoms with E-state index < -0.39 is 5.92 Å². The van der Waals surface area contributed by atoms with E-state index >= 15 is 0 Å². The maximum atomic E-state index is 12.8. The Hall–Kier alpha value is -0.990. The molecule has 0 saturated heterocycles. The van der Waals surface area contributed by atoms with E-state index in [-0.39, 0.29) is 11.1 Å². The van der Waals surface area contributed by atoms with E-state index in [0.717, 1.165) is 12.5 Å². The first-order chi connectivity index (χ1) is 6.21. The molecule has 1 rings (SSSR count). The molecule has 0 unspecified atom stereocenters. The van der Waals surface area contributed by atoms with Gasteiger partial charge in [-0.15, -0.1) is 0 Å². The van der Waals surface area contributed by atoms with Gasteiger partial charge < -0.3 is 0 Å². The number of rotatable bonds is 1. The molecular weight excluding hydrogens is 184 g/mol. The van der Waals surface area contributed by atoms with Gasteiger partial charge in [0.2, 0.25) is 0 Å². The summed E-state index contributed by atoms with van der Waals surface area (Å²) >= 11 is 0. The van der Waals surface area contributed by atoms with E-state index in [9.17, 15) is 8.78 Å². The molecule has 0 N–H and O–H groups in total. The molecule has 0 bridgehead atoms. The maximum absolute atomic E-state index is 12.8. The third-order valence-corrected chi connectivity index (χ3v) is 2.08. The summed E-state index contributed by atoms with van der Waals surface area (Å²) in [5.74, 6) is -2.85. The quantitative estimate of drug-likeness (QED) is 0.674. The second-order valence-electron chi connectivity index (χ2n) is 4.57. The van der Waals surface area contributed by atoms with Crippen molar-refractivity contribution < 1.29 is 8.78 Å². The summed E-state index contributed by atoms with van der Waals surface area (Å²) < 4.78 is 25.6. The molecule has 14 heavy (non-hydrogen) atoms. The lowest BCUT2D eigenvalue weighted by atomic mass is 9.88. The average Bonchev–Trinajstić information content (AvgIpc) is 2.01. The van der Waals surface area contributed by atoms with E-state index in [1.807, 2.05) is 20.8 Å². The van der Waals surface area contributed by atoms with Crippen LogP contribution in [-0.2, 0) is 11.3 Å². The molecular formula is C11H15F2N. The van der Waals surface area contributed by atoms with Crippen LogP contribution in [-0.4, -0.2) is 4.98 Å². The summed E-state index contributed by atoms with van der Waals surface area (Å²) in [5.41, 5.74) is 0.741. The van der Waals surface area contributed by atoms with Crippen molar-refractivity contribution in [1.82, 2.24) is 4.98 Å². The van der Waals surface area contributed by atoms with Crippen molar-refractivity contribution in [2.75, 3.05) is 0 Å². The Bertz CT molecular complexity index is 271.